The normalized spacial score (nSPS) is 24.5. The van der Waals surface area contributed by atoms with Crippen molar-refractivity contribution in [2.45, 2.75) is 103 Å². The number of hydrogen-bond acceptors (Lipinski definition) is 4. The maximum atomic E-state index is 13.7. The summed E-state index contributed by atoms with van der Waals surface area (Å²) < 4.78 is 5.45. The zero-order valence-corrected chi connectivity index (χ0v) is 21.8. The first-order chi connectivity index (χ1) is 16.0. The lowest BCUT2D eigenvalue weighted by atomic mass is 9.91. The minimum absolute atomic E-state index is 0.0970. The molecule has 7 nitrogen and oxygen atoms in total. The van der Waals surface area contributed by atoms with Crippen molar-refractivity contribution >= 4 is 17.9 Å². The molecule has 0 aromatic rings. The van der Waals surface area contributed by atoms with Gasteiger partial charge in [-0.05, 0) is 77.0 Å². The molecule has 0 spiro atoms. The summed E-state index contributed by atoms with van der Waals surface area (Å²) in [5.41, 5.74) is -0.665. The van der Waals surface area contributed by atoms with E-state index in [1.54, 1.807) is 25.7 Å². The van der Waals surface area contributed by atoms with Crippen molar-refractivity contribution in [2.75, 3.05) is 6.54 Å². The minimum Gasteiger partial charge on any atom is -0.444 e. The molecule has 0 bridgehead atoms. The third-order valence-corrected chi connectivity index (χ3v) is 6.91. The standard InChI is InChI=1S/C27H45N3O4/c1-8-19(9-2)14-11-13-18(4)23(29-26(33)34-27(5,6)7)25(32)30-16-12-15-22(30)24(31)28-21-17-20(21)10-3/h8,10,18-23H,1,3,9,11-17H2,2,4-7H3,(H,28,31)(H,29,33)/t18-,19?,20-,21-,22+,23+/m1/s1. The van der Waals surface area contributed by atoms with Gasteiger partial charge in [-0.25, -0.2) is 4.79 Å². The van der Waals surface area contributed by atoms with E-state index >= 15 is 0 Å². The van der Waals surface area contributed by atoms with Gasteiger partial charge >= 0.3 is 6.09 Å². The van der Waals surface area contributed by atoms with Crippen molar-refractivity contribution in [1.29, 1.82) is 0 Å². The molecule has 6 atom stereocenters. The van der Waals surface area contributed by atoms with Crippen LogP contribution in [0.2, 0.25) is 0 Å². The highest BCUT2D eigenvalue weighted by molar-refractivity contribution is 5.92. The van der Waals surface area contributed by atoms with E-state index < -0.39 is 23.8 Å². The first-order valence-electron chi connectivity index (χ1n) is 12.9. The Balaban J connectivity index is 2.09. The summed E-state index contributed by atoms with van der Waals surface area (Å²) in [6.45, 7) is 17.7. The molecule has 2 aliphatic rings. The van der Waals surface area contributed by atoms with E-state index in [0.29, 0.717) is 24.8 Å². The molecule has 0 radical (unpaired) electrons. The van der Waals surface area contributed by atoms with Gasteiger partial charge < -0.3 is 20.3 Å². The molecule has 0 aromatic carbocycles. The second kappa shape index (κ2) is 12.4. The zero-order valence-electron chi connectivity index (χ0n) is 21.8. The predicted octanol–water partition coefficient (Wildman–Crippen LogP) is 4.58. The first-order valence-corrected chi connectivity index (χ1v) is 12.9. The van der Waals surface area contributed by atoms with Crippen LogP contribution in [0.4, 0.5) is 4.79 Å². The van der Waals surface area contributed by atoms with Crippen LogP contribution in [0.5, 0.6) is 0 Å². The van der Waals surface area contributed by atoms with E-state index in [9.17, 15) is 14.4 Å². The summed E-state index contributed by atoms with van der Waals surface area (Å²) in [6, 6.07) is -1.12. The Labute approximate surface area is 205 Å². The molecule has 0 aromatic heterocycles. The third-order valence-electron chi connectivity index (χ3n) is 6.91. The van der Waals surface area contributed by atoms with Gasteiger partial charge in [0.2, 0.25) is 11.8 Å². The van der Waals surface area contributed by atoms with Crippen LogP contribution >= 0.6 is 0 Å². The number of carbonyl (C=O) groups excluding carboxylic acids is 3. The molecule has 34 heavy (non-hydrogen) atoms. The average molecular weight is 476 g/mol. The number of nitrogens with one attached hydrogen (secondary N) is 2. The molecule has 1 saturated heterocycles. The molecular formula is C27H45N3O4. The molecule has 2 fully saturated rings. The van der Waals surface area contributed by atoms with Gasteiger partial charge in [0.1, 0.15) is 17.7 Å². The lowest BCUT2D eigenvalue weighted by Crippen LogP contribution is -2.56. The molecule has 2 N–H and O–H groups in total. The average Bonchev–Trinajstić information content (AvgIpc) is 3.32. The molecule has 1 aliphatic carbocycles. The van der Waals surface area contributed by atoms with Crippen molar-refractivity contribution in [3.05, 3.63) is 25.3 Å². The van der Waals surface area contributed by atoms with E-state index in [4.69, 9.17) is 4.74 Å². The van der Waals surface area contributed by atoms with Crippen molar-refractivity contribution in [3.63, 3.8) is 0 Å². The summed E-state index contributed by atoms with van der Waals surface area (Å²) in [7, 11) is 0. The fourth-order valence-electron chi connectivity index (χ4n) is 4.64. The van der Waals surface area contributed by atoms with E-state index in [0.717, 1.165) is 38.5 Å². The summed E-state index contributed by atoms with van der Waals surface area (Å²) in [5.74, 6) is 0.357. The zero-order chi connectivity index (χ0) is 25.5. The van der Waals surface area contributed by atoms with E-state index in [1.165, 1.54) is 0 Å². The smallest absolute Gasteiger partial charge is 0.408 e. The lowest BCUT2D eigenvalue weighted by molar-refractivity contribution is -0.141. The van der Waals surface area contributed by atoms with Gasteiger partial charge in [-0.3, -0.25) is 9.59 Å². The van der Waals surface area contributed by atoms with Gasteiger partial charge in [-0.1, -0.05) is 32.4 Å². The Morgan fingerprint density at radius 3 is 2.47 bits per heavy atom. The monoisotopic (exact) mass is 475 g/mol. The van der Waals surface area contributed by atoms with E-state index in [2.05, 4.69) is 30.7 Å². The molecule has 192 valence electrons. The second-order valence-electron chi connectivity index (χ2n) is 10.9. The highest BCUT2D eigenvalue weighted by Crippen LogP contribution is 2.32. The van der Waals surface area contributed by atoms with Crippen molar-refractivity contribution in [3.8, 4) is 0 Å². The largest absolute Gasteiger partial charge is 0.444 e. The fourth-order valence-corrected chi connectivity index (χ4v) is 4.64. The van der Waals surface area contributed by atoms with Gasteiger partial charge in [-0.15, -0.1) is 13.2 Å². The highest BCUT2D eigenvalue weighted by Gasteiger charge is 2.42. The van der Waals surface area contributed by atoms with Gasteiger partial charge in [0.15, 0.2) is 0 Å². The van der Waals surface area contributed by atoms with Crippen LogP contribution in [-0.2, 0) is 14.3 Å². The second-order valence-corrected chi connectivity index (χ2v) is 10.9. The van der Waals surface area contributed by atoms with Crippen LogP contribution in [0, 0.1) is 17.8 Å². The van der Waals surface area contributed by atoms with Crippen LogP contribution in [0.15, 0.2) is 25.3 Å². The number of nitrogens with zero attached hydrogens (tertiary/aromatic N) is 1. The molecule has 1 aliphatic heterocycles. The summed E-state index contributed by atoms with van der Waals surface area (Å²) in [6.07, 6.45) is 9.29. The third kappa shape index (κ3) is 8.17. The fraction of sp³-hybridized carbons (Fsp3) is 0.741. The highest BCUT2D eigenvalue weighted by atomic mass is 16.6. The Kier molecular flexibility index (Phi) is 10.2. The van der Waals surface area contributed by atoms with Gasteiger partial charge in [0.25, 0.3) is 0 Å². The van der Waals surface area contributed by atoms with Gasteiger partial charge in [0, 0.05) is 12.6 Å². The molecule has 1 saturated carbocycles. The maximum absolute atomic E-state index is 13.7. The topological polar surface area (TPSA) is 87.7 Å². The van der Waals surface area contributed by atoms with Gasteiger partial charge in [0.05, 0.1) is 0 Å². The van der Waals surface area contributed by atoms with Crippen molar-refractivity contribution in [1.82, 2.24) is 15.5 Å². The molecule has 1 unspecified atom stereocenters. The molecule has 2 rings (SSSR count). The van der Waals surface area contributed by atoms with Crippen LogP contribution < -0.4 is 10.6 Å². The summed E-state index contributed by atoms with van der Waals surface area (Å²) in [5, 5.41) is 5.88. The number of carbonyl (C=O) groups is 3. The number of hydrogen-bond donors (Lipinski definition) is 2. The first kappa shape index (κ1) is 27.9. The number of ether oxygens (including phenoxy) is 1. The number of likely N-dealkylation sites (tertiary alicyclic amines) is 1. The molecule has 3 amide bonds. The number of rotatable bonds is 12. The Morgan fingerprint density at radius 2 is 1.91 bits per heavy atom. The van der Waals surface area contributed by atoms with Crippen LogP contribution in [-0.4, -0.2) is 53.1 Å². The maximum Gasteiger partial charge on any atom is 0.408 e. The Hall–Kier alpha value is -2.31. The predicted molar refractivity (Wildman–Crippen MR) is 135 cm³/mol. The quantitative estimate of drug-likeness (QED) is 0.405. The van der Waals surface area contributed by atoms with E-state index in [-0.39, 0.29) is 23.8 Å². The van der Waals surface area contributed by atoms with Gasteiger partial charge in [-0.2, -0.15) is 0 Å². The molecule has 1 heterocycles. The number of alkyl carbamates (subject to hydrolysis) is 1. The number of amides is 3. The Bertz CT molecular complexity index is 745. The molecular weight excluding hydrogens is 430 g/mol. The van der Waals surface area contributed by atoms with Crippen LogP contribution in [0.1, 0.15) is 79.6 Å². The lowest BCUT2D eigenvalue weighted by Gasteiger charge is -2.32. The summed E-state index contributed by atoms with van der Waals surface area (Å²) >= 11 is 0. The van der Waals surface area contributed by atoms with E-state index in [1.807, 2.05) is 19.1 Å². The van der Waals surface area contributed by atoms with Crippen LogP contribution in [0.3, 0.4) is 0 Å². The SMILES string of the molecule is C=CC(CC)CCC[C@@H](C)[C@H](NC(=O)OC(C)(C)C)C(=O)N1CCC[C@H]1C(=O)N[C@@H]1C[C@H]1C=C. The number of allylic oxidation sites excluding steroid dienone is 1. The minimum atomic E-state index is -0.742. The Morgan fingerprint density at radius 1 is 1.21 bits per heavy atom. The summed E-state index contributed by atoms with van der Waals surface area (Å²) in [4.78, 5) is 40.9. The van der Waals surface area contributed by atoms with Crippen LogP contribution in [0.25, 0.3) is 0 Å². The van der Waals surface area contributed by atoms with Crippen molar-refractivity contribution < 1.29 is 19.1 Å². The van der Waals surface area contributed by atoms with Crippen molar-refractivity contribution in [2.24, 2.45) is 17.8 Å². The molecule has 7 heteroatoms.